The van der Waals surface area contributed by atoms with Gasteiger partial charge in [-0.05, 0) is 18.8 Å². The van der Waals surface area contributed by atoms with Crippen molar-refractivity contribution in [3.05, 3.63) is 11.9 Å². The molecule has 5 heteroatoms. The second-order valence-electron chi connectivity index (χ2n) is 4.45. The molecule has 1 aromatic rings. The van der Waals surface area contributed by atoms with Crippen molar-refractivity contribution in [1.82, 2.24) is 15.1 Å². The number of aryl methyl sites for hydroxylation is 1. The number of hydrogen-bond acceptors (Lipinski definition) is 3. The Labute approximate surface area is 95.0 Å². The van der Waals surface area contributed by atoms with Crippen molar-refractivity contribution >= 4 is 11.6 Å². The van der Waals surface area contributed by atoms with Crippen molar-refractivity contribution < 1.29 is 4.79 Å². The topological polar surface area (TPSA) is 72.9 Å². The third-order valence-electron chi connectivity index (χ3n) is 2.84. The molecule has 16 heavy (non-hydrogen) atoms. The van der Waals surface area contributed by atoms with Gasteiger partial charge in [-0.15, -0.1) is 0 Å². The van der Waals surface area contributed by atoms with Gasteiger partial charge in [0.2, 0.25) is 0 Å². The number of nitrogens with zero attached hydrogens (tertiary/aromatic N) is 2. The van der Waals surface area contributed by atoms with Crippen LogP contribution >= 0.6 is 0 Å². The van der Waals surface area contributed by atoms with Crippen LogP contribution in [0.15, 0.2) is 6.20 Å². The van der Waals surface area contributed by atoms with Crippen LogP contribution in [0.1, 0.15) is 36.2 Å². The summed E-state index contributed by atoms with van der Waals surface area (Å²) in [5.74, 6) is 0.741. The number of amides is 1. The average Bonchev–Trinajstić information content (AvgIpc) is 2.98. The van der Waals surface area contributed by atoms with Crippen LogP contribution < -0.4 is 11.1 Å². The summed E-state index contributed by atoms with van der Waals surface area (Å²) in [6.07, 6.45) is 6.63. The quantitative estimate of drug-likeness (QED) is 0.728. The van der Waals surface area contributed by atoms with E-state index in [2.05, 4.69) is 10.4 Å². The average molecular weight is 222 g/mol. The maximum atomic E-state index is 11.7. The Morgan fingerprint density at radius 1 is 1.69 bits per heavy atom. The molecule has 0 aliphatic heterocycles. The van der Waals surface area contributed by atoms with E-state index in [1.165, 1.54) is 19.3 Å². The monoisotopic (exact) mass is 222 g/mol. The highest BCUT2D eigenvalue weighted by atomic mass is 16.1. The smallest absolute Gasteiger partial charge is 0.273 e. The van der Waals surface area contributed by atoms with E-state index in [1.54, 1.807) is 17.9 Å². The van der Waals surface area contributed by atoms with Gasteiger partial charge in [0.25, 0.3) is 5.91 Å². The summed E-state index contributed by atoms with van der Waals surface area (Å²) >= 11 is 0. The summed E-state index contributed by atoms with van der Waals surface area (Å²) in [5.41, 5.74) is 6.42. The van der Waals surface area contributed by atoms with Crippen molar-refractivity contribution in [2.45, 2.75) is 25.7 Å². The third kappa shape index (κ3) is 2.74. The molecule has 0 atom stereocenters. The molecule has 0 aromatic carbocycles. The number of nitrogens with two attached hydrogens (primary N) is 1. The molecule has 3 N–H and O–H groups in total. The van der Waals surface area contributed by atoms with Gasteiger partial charge in [-0.2, -0.15) is 5.10 Å². The predicted molar refractivity (Wildman–Crippen MR) is 61.9 cm³/mol. The molecule has 0 spiro atoms. The molecule has 0 unspecified atom stereocenters. The summed E-state index contributed by atoms with van der Waals surface area (Å²) in [6, 6.07) is 0. The Hall–Kier alpha value is -1.52. The van der Waals surface area contributed by atoms with E-state index < -0.39 is 0 Å². The normalized spacial score (nSPS) is 15.1. The van der Waals surface area contributed by atoms with Gasteiger partial charge in [0, 0.05) is 19.8 Å². The van der Waals surface area contributed by atoms with Crippen molar-refractivity contribution in [1.29, 1.82) is 0 Å². The maximum absolute atomic E-state index is 11.7. The minimum atomic E-state index is -0.172. The van der Waals surface area contributed by atoms with E-state index >= 15 is 0 Å². The van der Waals surface area contributed by atoms with E-state index in [0.29, 0.717) is 17.9 Å². The minimum absolute atomic E-state index is 0.172. The molecular weight excluding hydrogens is 204 g/mol. The molecule has 1 heterocycles. The fraction of sp³-hybridized carbons (Fsp3) is 0.636. The molecule has 5 nitrogen and oxygen atoms in total. The summed E-state index contributed by atoms with van der Waals surface area (Å²) in [6.45, 7) is 0.714. The lowest BCUT2D eigenvalue weighted by Gasteiger charge is -2.02. The van der Waals surface area contributed by atoms with Gasteiger partial charge in [-0.25, -0.2) is 0 Å². The van der Waals surface area contributed by atoms with Gasteiger partial charge in [-0.1, -0.05) is 12.8 Å². The zero-order valence-corrected chi connectivity index (χ0v) is 9.57. The molecule has 1 aromatic heterocycles. The van der Waals surface area contributed by atoms with E-state index in [0.717, 1.165) is 12.3 Å². The highest BCUT2D eigenvalue weighted by molar-refractivity contribution is 5.96. The molecule has 0 radical (unpaired) electrons. The Morgan fingerprint density at radius 2 is 2.44 bits per heavy atom. The molecular formula is C11H18N4O. The van der Waals surface area contributed by atoms with E-state index in [1.807, 2.05) is 0 Å². The number of hydrogen-bond donors (Lipinski definition) is 2. The van der Waals surface area contributed by atoms with Crippen LogP contribution in [0.4, 0.5) is 5.69 Å². The number of nitrogens with one attached hydrogen (secondary N) is 1. The van der Waals surface area contributed by atoms with Gasteiger partial charge in [-0.3, -0.25) is 9.48 Å². The lowest BCUT2D eigenvalue weighted by molar-refractivity contribution is 0.0948. The zero-order chi connectivity index (χ0) is 11.5. The summed E-state index contributed by atoms with van der Waals surface area (Å²) in [7, 11) is 1.75. The van der Waals surface area contributed by atoms with Gasteiger partial charge < -0.3 is 11.1 Å². The predicted octanol–water partition coefficient (Wildman–Crippen LogP) is 0.922. The van der Waals surface area contributed by atoms with Crippen molar-refractivity contribution in [2.75, 3.05) is 12.3 Å². The lowest BCUT2D eigenvalue weighted by Crippen LogP contribution is -2.25. The van der Waals surface area contributed by atoms with Crippen LogP contribution in [-0.4, -0.2) is 22.2 Å². The molecule has 1 aliphatic carbocycles. The summed E-state index contributed by atoms with van der Waals surface area (Å²) in [4.78, 5) is 11.7. The highest BCUT2D eigenvalue weighted by Gasteiger charge is 2.20. The highest BCUT2D eigenvalue weighted by Crippen LogP contribution is 2.33. The summed E-state index contributed by atoms with van der Waals surface area (Å²) in [5, 5.41) is 6.86. The van der Waals surface area contributed by atoms with Gasteiger partial charge in [0.05, 0.1) is 5.69 Å². The first-order valence-corrected chi connectivity index (χ1v) is 5.74. The number of rotatable bonds is 5. The van der Waals surface area contributed by atoms with Gasteiger partial charge in [0.1, 0.15) is 0 Å². The van der Waals surface area contributed by atoms with Gasteiger partial charge in [0.15, 0.2) is 5.69 Å². The SMILES string of the molecule is Cn1cc(N)c(C(=O)NCCCC2CC2)n1. The van der Waals surface area contributed by atoms with Crippen LogP contribution in [0.3, 0.4) is 0 Å². The van der Waals surface area contributed by atoms with Crippen LogP contribution in [0, 0.1) is 5.92 Å². The first-order valence-electron chi connectivity index (χ1n) is 5.74. The summed E-state index contributed by atoms with van der Waals surface area (Å²) < 4.78 is 1.55. The van der Waals surface area contributed by atoms with E-state index in [4.69, 9.17) is 5.73 Å². The van der Waals surface area contributed by atoms with E-state index in [9.17, 15) is 4.79 Å². The molecule has 1 amide bonds. The number of aromatic nitrogens is 2. The third-order valence-corrected chi connectivity index (χ3v) is 2.84. The first-order chi connectivity index (χ1) is 7.66. The van der Waals surface area contributed by atoms with Crippen molar-refractivity contribution in [2.24, 2.45) is 13.0 Å². The number of anilines is 1. The van der Waals surface area contributed by atoms with Crippen molar-refractivity contribution in [3.8, 4) is 0 Å². The maximum Gasteiger partial charge on any atom is 0.273 e. The second kappa shape index (κ2) is 4.55. The Kier molecular flexibility index (Phi) is 3.12. The van der Waals surface area contributed by atoms with E-state index in [-0.39, 0.29) is 5.91 Å². The number of carbonyl (C=O) groups is 1. The molecule has 2 rings (SSSR count). The molecule has 1 aliphatic rings. The van der Waals surface area contributed by atoms with Crippen LogP contribution in [0.5, 0.6) is 0 Å². The molecule has 88 valence electrons. The Morgan fingerprint density at radius 3 is 3.00 bits per heavy atom. The Bertz CT molecular complexity index is 381. The van der Waals surface area contributed by atoms with Crippen LogP contribution in [0.25, 0.3) is 0 Å². The molecule has 0 bridgehead atoms. The van der Waals surface area contributed by atoms with Crippen molar-refractivity contribution in [3.63, 3.8) is 0 Å². The second-order valence-corrected chi connectivity index (χ2v) is 4.45. The largest absolute Gasteiger partial charge is 0.396 e. The first kappa shape index (κ1) is 11.0. The fourth-order valence-corrected chi connectivity index (χ4v) is 1.77. The fourth-order valence-electron chi connectivity index (χ4n) is 1.77. The number of nitrogen functional groups attached to an aromatic ring is 1. The zero-order valence-electron chi connectivity index (χ0n) is 9.57. The molecule has 1 saturated carbocycles. The standard InChI is InChI=1S/C11H18N4O/c1-15-7-9(12)10(14-15)11(16)13-6-2-3-8-4-5-8/h7-8H,2-6,12H2,1H3,(H,13,16). The van der Waals surface area contributed by atoms with Crippen LogP contribution in [-0.2, 0) is 7.05 Å². The molecule has 1 fully saturated rings. The number of carbonyl (C=O) groups excluding carboxylic acids is 1. The molecule has 0 saturated heterocycles. The lowest BCUT2D eigenvalue weighted by atomic mass is 10.2. The minimum Gasteiger partial charge on any atom is -0.396 e. The van der Waals surface area contributed by atoms with Gasteiger partial charge >= 0.3 is 0 Å². The Balaban J connectivity index is 1.75. The van der Waals surface area contributed by atoms with Crippen LogP contribution in [0.2, 0.25) is 0 Å².